The maximum Gasteiger partial charge on any atom is 0.414 e. The van der Waals surface area contributed by atoms with Crippen molar-refractivity contribution >= 4 is 12.4 Å². The summed E-state index contributed by atoms with van der Waals surface area (Å²) in [5.74, 6) is 0. The quantitative estimate of drug-likeness (QED) is 0.515. The van der Waals surface area contributed by atoms with Crippen molar-refractivity contribution in [1.29, 1.82) is 0 Å². The molecule has 0 aromatic heterocycles. The fraction of sp³-hybridized carbons (Fsp3) is 0.600. The Morgan fingerprint density at radius 3 is 2.36 bits per heavy atom. The lowest BCUT2D eigenvalue weighted by Crippen LogP contribution is -2.33. The molecular formula is C10H17NO3. The summed E-state index contributed by atoms with van der Waals surface area (Å²) in [7, 11) is 0. The van der Waals surface area contributed by atoms with Gasteiger partial charge in [-0.15, -0.1) is 0 Å². The molecule has 0 saturated carbocycles. The molecule has 0 aliphatic rings. The smallest absolute Gasteiger partial charge is 0.414 e. The van der Waals surface area contributed by atoms with Crippen molar-refractivity contribution in [3.05, 3.63) is 12.3 Å². The standard InChI is InChI=1S/C10H17NO3/c1-5-11(7-6-8-12)9(13)14-10(2,3)4/h6-8H,5H2,1-4H3/b7-6-. The summed E-state index contributed by atoms with van der Waals surface area (Å²) in [4.78, 5) is 22.8. The Balaban J connectivity index is 4.32. The minimum absolute atomic E-state index is 0.446. The van der Waals surface area contributed by atoms with Crippen molar-refractivity contribution in [3.63, 3.8) is 0 Å². The van der Waals surface area contributed by atoms with Crippen LogP contribution < -0.4 is 0 Å². The normalized spacial score (nSPS) is 11.4. The number of carbonyl (C=O) groups excluding carboxylic acids is 2. The average molecular weight is 199 g/mol. The summed E-state index contributed by atoms with van der Waals surface area (Å²) in [6.07, 6.45) is 2.83. The lowest BCUT2D eigenvalue weighted by molar-refractivity contribution is -0.104. The number of rotatable bonds is 3. The molecule has 1 amide bonds. The zero-order valence-electron chi connectivity index (χ0n) is 9.11. The number of amides is 1. The molecule has 14 heavy (non-hydrogen) atoms. The van der Waals surface area contributed by atoms with E-state index in [0.717, 1.165) is 0 Å². The molecule has 0 aliphatic carbocycles. The van der Waals surface area contributed by atoms with Crippen LogP contribution >= 0.6 is 0 Å². The van der Waals surface area contributed by atoms with Gasteiger partial charge in [-0.1, -0.05) is 0 Å². The molecule has 0 bridgehead atoms. The largest absolute Gasteiger partial charge is 0.443 e. The maximum atomic E-state index is 11.4. The van der Waals surface area contributed by atoms with Crippen LogP contribution in [0.15, 0.2) is 12.3 Å². The first kappa shape index (κ1) is 12.7. The van der Waals surface area contributed by atoms with Gasteiger partial charge in [-0.05, 0) is 33.8 Å². The highest BCUT2D eigenvalue weighted by Crippen LogP contribution is 2.09. The second-order valence-corrected chi connectivity index (χ2v) is 3.74. The van der Waals surface area contributed by atoms with Gasteiger partial charge >= 0.3 is 6.09 Å². The second kappa shape index (κ2) is 5.42. The van der Waals surface area contributed by atoms with Crippen molar-refractivity contribution in [2.45, 2.75) is 33.3 Å². The highest BCUT2D eigenvalue weighted by atomic mass is 16.6. The number of carbonyl (C=O) groups is 2. The molecule has 80 valence electrons. The van der Waals surface area contributed by atoms with E-state index >= 15 is 0 Å². The Morgan fingerprint density at radius 2 is 2.00 bits per heavy atom. The number of allylic oxidation sites excluding steroid dienone is 1. The van der Waals surface area contributed by atoms with Crippen LogP contribution in [-0.4, -0.2) is 29.4 Å². The molecule has 0 aliphatic heterocycles. The van der Waals surface area contributed by atoms with Crippen LogP contribution in [0.3, 0.4) is 0 Å². The third kappa shape index (κ3) is 5.35. The molecule has 0 spiro atoms. The molecule has 0 atom stereocenters. The molecule has 0 rings (SSSR count). The maximum absolute atomic E-state index is 11.4. The topological polar surface area (TPSA) is 46.6 Å². The van der Waals surface area contributed by atoms with Crippen LogP contribution in [0.25, 0.3) is 0 Å². The molecule has 0 saturated heterocycles. The van der Waals surface area contributed by atoms with E-state index in [-0.39, 0.29) is 0 Å². The van der Waals surface area contributed by atoms with Gasteiger partial charge in [-0.3, -0.25) is 9.69 Å². The third-order valence-corrected chi connectivity index (χ3v) is 1.31. The minimum Gasteiger partial charge on any atom is -0.443 e. The minimum atomic E-state index is -0.514. The lowest BCUT2D eigenvalue weighted by Gasteiger charge is -2.24. The molecule has 0 fully saturated rings. The van der Waals surface area contributed by atoms with Crippen LogP contribution in [0, 0.1) is 0 Å². The van der Waals surface area contributed by atoms with Gasteiger partial charge in [0.05, 0.1) is 0 Å². The first-order valence-corrected chi connectivity index (χ1v) is 4.52. The predicted molar refractivity (Wildman–Crippen MR) is 53.8 cm³/mol. The predicted octanol–water partition coefficient (Wildman–Crippen LogP) is 1.96. The van der Waals surface area contributed by atoms with Crippen LogP contribution in [0.2, 0.25) is 0 Å². The monoisotopic (exact) mass is 199 g/mol. The lowest BCUT2D eigenvalue weighted by atomic mass is 10.2. The Kier molecular flexibility index (Phi) is 4.91. The van der Waals surface area contributed by atoms with Gasteiger partial charge in [0, 0.05) is 12.7 Å². The molecule has 0 radical (unpaired) electrons. The van der Waals surface area contributed by atoms with Gasteiger partial charge in [0.15, 0.2) is 0 Å². The molecular weight excluding hydrogens is 182 g/mol. The van der Waals surface area contributed by atoms with Crippen LogP contribution in [0.5, 0.6) is 0 Å². The number of aldehydes is 1. The fourth-order valence-corrected chi connectivity index (χ4v) is 0.755. The van der Waals surface area contributed by atoms with E-state index < -0.39 is 11.7 Å². The Labute approximate surface area is 84.5 Å². The molecule has 0 aromatic carbocycles. The zero-order valence-corrected chi connectivity index (χ0v) is 9.11. The van der Waals surface area contributed by atoms with Gasteiger partial charge in [0.2, 0.25) is 0 Å². The zero-order chi connectivity index (χ0) is 11.2. The summed E-state index contributed by atoms with van der Waals surface area (Å²) in [6, 6.07) is 0. The average Bonchev–Trinajstić information content (AvgIpc) is 2.02. The summed E-state index contributed by atoms with van der Waals surface area (Å²) in [5.41, 5.74) is -0.514. The number of hydrogen-bond donors (Lipinski definition) is 0. The molecule has 0 heterocycles. The molecule has 0 N–H and O–H groups in total. The first-order valence-electron chi connectivity index (χ1n) is 4.52. The van der Waals surface area contributed by atoms with E-state index in [0.29, 0.717) is 12.8 Å². The number of ether oxygens (including phenoxy) is 1. The van der Waals surface area contributed by atoms with Crippen LogP contribution in [-0.2, 0) is 9.53 Å². The van der Waals surface area contributed by atoms with Crippen molar-refractivity contribution in [2.24, 2.45) is 0 Å². The van der Waals surface area contributed by atoms with E-state index in [1.54, 1.807) is 27.7 Å². The van der Waals surface area contributed by atoms with Crippen molar-refractivity contribution in [3.8, 4) is 0 Å². The first-order chi connectivity index (χ1) is 6.40. The second-order valence-electron chi connectivity index (χ2n) is 3.74. The summed E-state index contributed by atoms with van der Waals surface area (Å²) < 4.78 is 5.11. The van der Waals surface area contributed by atoms with Crippen molar-refractivity contribution in [2.75, 3.05) is 6.54 Å². The van der Waals surface area contributed by atoms with E-state index in [1.807, 2.05) is 0 Å². The Morgan fingerprint density at radius 1 is 1.43 bits per heavy atom. The number of nitrogens with zero attached hydrogens (tertiary/aromatic N) is 1. The Hall–Kier alpha value is -1.32. The van der Waals surface area contributed by atoms with Gasteiger partial charge in [0.1, 0.15) is 11.9 Å². The highest BCUT2D eigenvalue weighted by molar-refractivity contribution is 5.71. The molecule has 4 nitrogen and oxygen atoms in total. The molecule has 0 unspecified atom stereocenters. The van der Waals surface area contributed by atoms with E-state index in [2.05, 4.69) is 0 Å². The van der Waals surface area contributed by atoms with Gasteiger partial charge in [-0.2, -0.15) is 0 Å². The van der Waals surface area contributed by atoms with E-state index in [9.17, 15) is 9.59 Å². The van der Waals surface area contributed by atoms with Gasteiger partial charge in [-0.25, -0.2) is 4.79 Å². The SMILES string of the molecule is CCN(/C=C\C=O)C(=O)OC(C)(C)C. The van der Waals surface area contributed by atoms with Crippen molar-refractivity contribution < 1.29 is 14.3 Å². The highest BCUT2D eigenvalue weighted by Gasteiger charge is 2.19. The van der Waals surface area contributed by atoms with Gasteiger partial charge < -0.3 is 4.74 Å². The molecule has 0 aromatic rings. The summed E-state index contributed by atoms with van der Waals surface area (Å²) >= 11 is 0. The molecule has 4 heteroatoms. The van der Waals surface area contributed by atoms with Crippen molar-refractivity contribution in [1.82, 2.24) is 4.90 Å². The van der Waals surface area contributed by atoms with Gasteiger partial charge in [0.25, 0.3) is 0 Å². The van der Waals surface area contributed by atoms with E-state index in [4.69, 9.17) is 4.74 Å². The third-order valence-electron chi connectivity index (χ3n) is 1.31. The number of hydrogen-bond acceptors (Lipinski definition) is 3. The summed E-state index contributed by atoms with van der Waals surface area (Å²) in [5, 5.41) is 0. The van der Waals surface area contributed by atoms with E-state index in [1.165, 1.54) is 17.2 Å². The Bertz CT molecular complexity index is 228. The van der Waals surface area contributed by atoms with Crippen LogP contribution in [0.1, 0.15) is 27.7 Å². The fourth-order valence-electron chi connectivity index (χ4n) is 0.755. The van der Waals surface area contributed by atoms with Crippen LogP contribution in [0.4, 0.5) is 4.79 Å². The summed E-state index contributed by atoms with van der Waals surface area (Å²) in [6.45, 7) is 7.66.